The van der Waals surface area contributed by atoms with Gasteiger partial charge in [0.15, 0.2) is 0 Å². The molecule has 3 N–H and O–H groups in total. The summed E-state index contributed by atoms with van der Waals surface area (Å²) in [5, 5.41) is 16.8. The molecule has 0 spiro atoms. The third-order valence-electron chi connectivity index (χ3n) is 5.19. The molecule has 2 aromatic rings. The van der Waals surface area contributed by atoms with E-state index in [0.29, 0.717) is 24.1 Å². The molecule has 2 aromatic carbocycles. The van der Waals surface area contributed by atoms with E-state index in [-0.39, 0.29) is 11.7 Å². The number of ether oxygens (including phenoxy) is 1. The maximum absolute atomic E-state index is 11.3. The number of hydrogen-bond donors (Lipinski definition) is 3. The van der Waals surface area contributed by atoms with Crippen LogP contribution in [0.3, 0.4) is 0 Å². The van der Waals surface area contributed by atoms with Gasteiger partial charge >= 0.3 is 0 Å². The van der Waals surface area contributed by atoms with E-state index in [9.17, 15) is 9.90 Å². The zero-order chi connectivity index (χ0) is 21.3. The Balaban J connectivity index is 1.33. The second-order valence-corrected chi connectivity index (χ2v) is 8.13. The highest BCUT2D eigenvalue weighted by atomic mass is 35.5. The molecule has 0 unspecified atom stereocenters. The Morgan fingerprint density at radius 1 is 1.20 bits per heavy atom. The SMILES string of the molecule is CC(=O)Nc1ccc(O)cc1OCCCNC1CCN(Cc2ccc(Cl)cc2)CC1. The van der Waals surface area contributed by atoms with Gasteiger partial charge in [0.2, 0.25) is 5.91 Å². The lowest BCUT2D eigenvalue weighted by atomic mass is 10.0. The van der Waals surface area contributed by atoms with Crippen LogP contribution in [0, 0.1) is 0 Å². The van der Waals surface area contributed by atoms with Crippen LogP contribution in [0.5, 0.6) is 11.5 Å². The Hall–Kier alpha value is -2.28. The van der Waals surface area contributed by atoms with E-state index >= 15 is 0 Å². The van der Waals surface area contributed by atoms with Gasteiger partial charge in [0.25, 0.3) is 0 Å². The van der Waals surface area contributed by atoms with Crippen LogP contribution >= 0.6 is 11.6 Å². The van der Waals surface area contributed by atoms with Crippen molar-refractivity contribution in [3.8, 4) is 11.5 Å². The molecule has 0 atom stereocenters. The van der Waals surface area contributed by atoms with Crippen LogP contribution in [0.4, 0.5) is 5.69 Å². The number of nitrogens with one attached hydrogen (secondary N) is 2. The fraction of sp³-hybridized carbons (Fsp3) is 0.435. The summed E-state index contributed by atoms with van der Waals surface area (Å²) in [6.45, 7) is 5.97. The number of carbonyl (C=O) groups excluding carboxylic acids is 1. The summed E-state index contributed by atoms with van der Waals surface area (Å²) in [6, 6.07) is 13.3. The minimum absolute atomic E-state index is 0.114. The number of aromatic hydroxyl groups is 1. The molecule has 162 valence electrons. The maximum atomic E-state index is 11.3. The van der Waals surface area contributed by atoms with Crippen LogP contribution < -0.4 is 15.4 Å². The summed E-state index contributed by atoms with van der Waals surface area (Å²) in [6.07, 6.45) is 3.11. The number of halogens is 1. The number of benzene rings is 2. The molecule has 0 bridgehead atoms. The highest BCUT2D eigenvalue weighted by Crippen LogP contribution is 2.29. The van der Waals surface area contributed by atoms with E-state index in [1.807, 2.05) is 12.1 Å². The molecule has 1 aliphatic heterocycles. The summed E-state index contributed by atoms with van der Waals surface area (Å²) < 4.78 is 5.77. The molecule has 7 heteroatoms. The molecule has 1 aliphatic rings. The lowest BCUT2D eigenvalue weighted by molar-refractivity contribution is -0.114. The molecule has 0 aliphatic carbocycles. The van der Waals surface area contributed by atoms with Crippen molar-refractivity contribution >= 4 is 23.2 Å². The molecule has 1 amide bonds. The first-order chi connectivity index (χ1) is 14.5. The van der Waals surface area contributed by atoms with Gasteiger partial charge in [0.1, 0.15) is 11.5 Å². The van der Waals surface area contributed by atoms with Crippen molar-refractivity contribution in [2.45, 2.75) is 38.8 Å². The minimum atomic E-state index is -0.172. The van der Waals surface area contributed by atoms with Crippen LogP contribution in [0.2, 0.25) is 5.02 Å². The zero-order valence-electron chi connectivity index (χ0n) is 17.4. The average Bonchev–Trinajstić information content (AvgIpc) is 2.72. The van der Waals surface area contributed by atoms with Crippen molar-refractivity contribution in [3.63, 3.8) is 0 Å². The van der Waals surface area contributed by atoms with Crippen molar-refractivity contribution in [1.82, 2.24) is 10.2 Å². The van der Waals surface area contributed by atoms with Crippen molar-refractivity contribution in [1.29, 1.82) is 0 Å². The maximum Gasteiger partial charge on any atom is 0.221 e. The molecule has 0 radical (unpaired) electrons. The number of rotatable bonds is 9. The Bertz CT molecular complexity index is 821. The first kappa shape index (κ1) is 22.4. The van der Waals surface area contributed by atoms with E-state index in [4.69, 9.17) is 16.3 Å². The quantitative estimate of drug-likeness (QED) is 0.413. The number of amides is 1. The molecule has 0 aromatic heterocycles. The molecule has 0 saturated carbocycles. The second-order valence-electron chi connectivity index (χ2n) is 7.69. The standard InChI is InChI=1S/C23H30ClN3O3/c1-17(28)26-22-8-7-21(29)15-23(22)30-14-2-11-25-20-9-12-27(13-10-20)16-18-3-5-19(24)6-4-18/h3-8,15,20,25,29H,2,9-14,16H2,1H3,(H,26,28). The van der Waals surface area contributed by atoms with E-state index in [2.05, 4.69) is 27.7 Å². The summed E-state index contributed by atoms with van der Waals surface area (Å²) in [7, 11) is 0. The van der Waals surface area contributed by atoms with Gasteiger partial charge in [0.05, 0.1) is 12.3 Å². The number of piperidine rings is 1. The molecule has 1 saturated heterocycles. The lowest BCUT2D eigenvalue weighted by Crippen LogP contribution is -2.42. The monoisotopic (exact) mass is 431 g/mol. The summed E-state index contributed by atoms with van der Waals surface area (Å²) in [5.74, 6) is 0.429. The molecule has 1 heterocycles. The molecule has 30 heavy (non-hydrogen) atoms. The van der Waals surface area contributed by atoms with Crippen molar-refractivity contribution in [3.05, 3.63) is 53.1 Å². The first-order valence-corrected chi connectivity index (χ1v) is 10.8. The van der Waals surface area contributed by atoms with Gasteiger partial charge in [-0.1, -0.05) is 23.7 Å². The van der Waals surface area contributed by atoms with Gasteiger partial charge in [0, 0.05) is 30.6 Å². The Kier molecular flexibility index (Phi) is 8.37. The predicted octanol–water partition coefficient (Wildman–Crippen LogP) is 4.03. The number of carbonyl (C=O) groups is 1. The fourth-order valence-electron chi connectivity index (χ4n) is 3.63. The van der Waals surface area contributed by atoms with Crippen LogP contribution in [0.25, 0.3) is 0 Å². The molecule has 3 rings (SSSR count). The topological polar surface area (TPSA) is 73.8 Å². The molecule has 6 nitrogen and oxygen atoms in total. The van der Waals surface area contributed by atoms with E-state index < -0.39 is 0 Å². The van der Waals surface area contributed by atoms with Gasteiger partial charge in [-0.15, -0.1) is 0 Å². The number of phenols is 1. The van der Waals surface area contributed by atoms with Crippen molar-refractivity contribution in [2.24, 2.45) is 0 Å². The summed E-state index contributed by atoms with van der Waals surface area (Å²) >= 11 is 5.96. The van der Waals surface area contributed by atoms with Gasteiger partial charge < -0.3 is 20.5 Å². The highest BCUT2D eigenvalue weighted by molar-refractivity contribution is 6.30. The van der Waals surface area contributed by atoms with Gasteiger partial charge in [-0.3, -0.25) is 9.69 Å². The van der Waals surface area contributed by atoms with Crippen LogP contribution in [-0.2, 0) is 11.3 Å². The number of phenolic OH excluding ortho intramolecular Hbond substituents is 1. The van der Waals surface area contributed by atoms with E-state index in [1.165, 1.54) is 24.6 Å². The van der Waals surface area contributed by atoms with E-state index in [0.717, 1.165) is 50.5 Å². The predicted molar refractivity (Wildman–Crippen MR) is 120 cm³/mol. The molecular formula is C23H30ClN3O3. The smallest absolute Gasteiger partial charge is 0.221 e. The first-order valence-electron chi connectivity index (χ1n) is 10.4. The Morgan fingerprint density at radius 3 is 2.63 bits per heavy atom. The number of hydrogen-bond acceptors (Lipinski definition) is 5. The normalized spacial score (nSPS) is 15.1. The Morgan fingerprint density at radius 2 is 1.93 bits per heavy atom. The summed E-state index contributed by atoms with van der Waals surface area (Å²) in [4.78, 5) is 13.8. The number of nitrogens with zero attached hydrogens (tertiary/aromatic N) is 1. The van der Waals surface area contributed by atoms with Crippen LogP contribution in [0.15, 0.2) is 42.5 Å². The highest BCUT2D eigenvalue weighted by Gasteiger charge is 2.18. The minimum Gasteiger partial charge on any atom is -0.508 e. The zero-order valence-corrected chi connectivity index (χ0v) is 18.1. The molecule has 1 fully saturated rings. The number of likely N-dealkylation sites (tertiary alicyclic amines) is 1. The van der Waals surface area contributed by atoms with Crippen LogP contribution in [0.1, 0.15) is 31.7 Å². The Labute approximate surface area is 183 Å². The van der Waals surface area contributed by atoms with Crippen LogP contribution in [-0.4, -0.2) is 48.2 Å². The van der Waals surface area contributed by atoms with E-state index in [1.54, 1.807) is 6.07 Å². The van der Waals surface area contributed by atoms with Crippen molar-refractivity contribution in [2.75, 3.05) is 31.6 Å². The lowest BCUT2D eigenvalue weighted by Gasteiger charge is -2.32. The average molecular weight is 432 g/mol. The van der Waals surface area contributed by atoms with Gasteiger partial charge in [-0.25, -0.2) is 0 Å². The van der Waals surface area contributed by atoms with Crippen molar-refractivity contribution < 1.29 is 14.6 Å². The largest absolute Gasteiger partial charge is 0.508 e. The van der Waals surface area contributed by atoms with Gasteiger partial charge in [-0.2, -0.15) is 0 Å². The molecular weight excluding hydrogens is 402 g/mol. The third kappa shape index (κ3) is 7.20. The summed E-state index contributed by atoms with van der Waals surface area (Å²) in [5.41, 5.74) is 1.87. The fourth-order valence-corrected chi connectivity index (χ4v) is 3.75. The second kappa shape index (κ2) is 11.2. The number of anilines is 1. The third-order valence-corrected chi connectivity index (χ3v) is 5.45. The van der Waals surface area contributed by atoms with Gasteiger partial charge in [-0.05, 0) is 68.7 Å².